The van der Waals surface area contributed by atoms with Crippen LogP contribution in [0.1, 0.15) is 45.6 Å². The highest BCUT2D eigenvalue weighted by Crippen LogP contribution is 2.21. The van der Waals surface area contributed by atoms with Gasteiger partial charge < -0.3 is 9.47 Å². The molecule has 0 aliphatic heterocycles. The minimum absolute atomic E-state index is 0.167. The van der Waals surface area contributed by atoms with Gasteiger partial charge in [-0.3, -0.25) is 4.79 Å². The lowest BCUT2D eigenvalue weighted by molar-refractivity contribution is 0.289. The number of hydrogen-bond acceptors (Lipinski definition) is 6. The van der Waals surface area contributed by atoms with E-state index in [-0.39, 0.29) is 5.56 Å². The molecule has 0 radical (unpaired) electrons. The molecule has 2 heterocycles. The predicted octanol–water partition coefficient (Wildman–Crippen LogP) is 4.97. The van der Waals surface area contributed by atoms with E-state index in [2.05, 4.69) is 30.9 Å². The Hall–Kier alpha value is -3.19. The van der Waals surface area contributed by atoms with Crippen molar-refractivity contribution in [1.82, 2.24) is 14.6 Å². The van der Waals surface area contributed by atoms with Gasteiger partial charge in [0, 0.05) is 5.56 Å². The van der Waals surface area contributed by atoms with Crippen molar-refractivity contribution in [2.24, 2.45) is 5.92 Å². The third kappa shape index (κ3) is 5.79. The SMILES string of the molecule is CCCCOc1ccc(-c2nc3s/c(=C\c4cccc(OCCC(C)C)c4)c(=O)n3n2)cc1. The minimum Gasteiger partial charge on any atom is -0.494 e. The minimum atomic E-state index is -0.167. The quantitative estimate of drug-likeness (QED) is 0.311. The average Bonchev–Trinajstić information content (AvgIpc) is 3.34. The largest absolute Gasteiger partial charge is 0.494 e. The zero-order chi connectivity index (χ0) is 23.2. The predicted molar refractivity (Wildman–Crippen MR) is 133 cm³/mol. The number of aromatic nitrogens is 3. The first-order valence-corrected chi connectivity index (χ1v) is 12.2. The van der Waals surface area contributed by atoms with Gasteiger partial charge in [0.05, 0.1) is 17.7 Å². The van der Waals surface area contributed by atoms with Crippen molar-refractivity contribution in [3.8, 4) is 22.9 Å². The van der Waals surface area contributed by atoms with Gasteiger partial charge in [0.25, 0.3) is 5.56 Å². The summed E-state index contributed by atoms with van der Waals surface area (Å²) < 4.78 is 13.5. The molecule has 0 saturated heterocycles. The summed E-state index contributed by atoms with van der Waals surface area (Å²) >= 11 is 1.33. The van der Waals surface area contributed by atoms with E-state index in [1.165, 1.54) is 15.9 Å². The summed E-state index contributed by atoms with van der Waals surface area (Å²) in [6.45, 7) is 7.87. The summed E-state index contributed by atoms with van der Waals surface area (Å²) in [6, 6.07) is 15.4. The van der Waals surface area contributed by atoms with Crippen LogP contribution < -0.4 is 19.6 Å². The van der Waals surface area contributed by atoms with E-state index in [1.54, 1.807) is 0 Å². The smallest absolute Gasteiger partial charge is 0.291 e. The van der Waals surface area contributed by atoms with Crippen LogP contribution in [0.4, 0.5) is 0 Å². The Kier molecular flexibility index (Phi) is 7.40. The van der Waals surface area contributed by atoms with Crippen LogP contribution in [0.15, 0.2) is 53.3 Å². The van der Waals surface area contributed by atoms with Crippen LogP contribution in [-0.2, 0) is 0 Å². The maximum atomic E-state index is 12.9. The molecule has 2 aromatic carbocycles. The van der Waals surface area contributed by atoms with E-state index in [0.29, 0.717) is 34.4 Å². The molecule has 0 N–H and O–H groups in total. The highest BCUT2D eigenvalue weighted by molar-refractivity contribution is 7.15. The second kappa shape index (κ2) is 10.6. The molecule has 0 atom stereocenters. The molecule has 4 aromatic rings. The molecule has 0 bridgehead atoms. The summed E-state index contributed by atoms with van der Waals surface area (Å²) in [6.07, 6.45) is 4.99. The lowest BCUT2D eigenvalue weighted by Crippen LogP contribution is -2.23. The number of nitrogens with zero attached hydrogens (tertiary/aromatic N) is 3. The normalized spacial score (nSPS) is 12.1. The van der Waals surface area contributed by atoms with Crippen LogP contribution in [0, 0.1) is 5.92 Å². The van der Waals surface area contributed by atoms with Gasteiger partial charge in [0.1, 0.15) is 11.5 Å². The van der Waals surface area contributed by atoms with Crippen molar-refractivity contribution < 1.29 is 9.47 Å². The summed E-state index contributed by atoms with van der Waals surface area (Å²) in [5.74, 6) is 2.76. The van der Waals surface area contributed by atoms with Crippen molar-refractivity contribution in [2.45, 2.75) is 40.0 Å². The van der Waals surface area contributed by atoms with Crippen LogP contribution in [0.2, 0.25) is 0 Å². The molecule has 0 fully saturated rings. The zero-order valence-corrected chi connectivity index (χ0v) is 20.1. The van der Waals surface area contributed by atoms with Crippen LogP contribution in [0.25, 0.3) is 22.4 Å². The van der Waals surface area contributed by atoms with Crippen molar-refractivity contribution in [2.75, 3.05) is 13.2 Å². The van der Waals surface area contributed by atoms with Crippen molar-refractivity contribution in [3.05, 3.63) is 69.0 Å². The average molecular weight is 464 g/mol. The summed E-state index contributed by atoms with van der Waals surface area (Å²) in [4.78, 5) is 18.0. The highest BCUT2D eigenvalue weighted by atomic mass is 32.1. The molecular formula is C26H29N3O3S. The van der Waals surface area contributed by atoms with Gasteiger partial charge in [0.15, 0.2) is 5.82 Å². The van der Waals surface area contributed by atoms with E-state index < -0.39 is 0 Å². The van der Waals surface area contributed by atoms with E-state index in [1.807, 2.05) is 54.6 Å². The zero-order valence-electron chi connectivity index (χ0n) is 19.3. The number of unbranched alkanes of at least 4 members (excludes halogenated alkanes) is 1. The van der Waals surface area contributed by atoms with Gasteiger partial charge in [-0.1, -0.05) is 50.7 Å². The van der Waals surface area contributed by atoms with Crippen LogP contribution in [-0.4, -0.2) is 27.8 Å². The molecule has 6 nitrogen and oxygen atoms in total. The van der Waals surface area contributed by atoms with Crippen LogP contribution in [0.3, 0.4) is 0 Å². The fraction of sp³-hybridized carbons (Fsp3) is 0.346. The first-order valence-electron chi connectivity index (χ1n) is 11.4. The number of ether oxygens (including phenoxy) is 2. The Morgan fingerprint density at radius 3 is 2.58 bits per heavy atom. The summed E-state index contributed by atoms with van der Waals surface area (Å²) in [5.41, 5.74) is 1.60. The Morgan fingerprint density at radius 2 is 1.85 bits per heavy atom. The lowest BCUT2D eigenvalue weighted by Gasteiger charge is -2.08. The van der Waals surface area contributed by atoms with Crippen molar-refractivity contribution >= 4 is 22.4 Å². The maximum absolute atomic E-state index is 12.9. The third-order valence-electron chi connectivity index (χ3n) is 5.18. The van der Waals surface area contributed by atoms with Gasteiger partial charge in [-0.15, -0.1) is 5.10 Å². The fourth-order valence-corrected chi connectivity index (χ4v) is 4.16. The number of fused-ring (bicyclic) bond motifs is 1. The molecule has 0 amide bonds. The van der Waals surface area contributed by atoms with Crippen molar-refractivity contribution in [1.29, 1.82) is 0 Å². The van der Waals surface area contributed by atoms with Gasteiger partial charge in [-0.25, -0.2) is 0 Å². The standard InChI is InChI=1S/C26H29N3O3S/c1-4-5-14-31-21-11-9-20(10-12-21)24-27-26-29(28-24)25(30)23(33-26)17-19-7-6-8-22(16-19)32-15-13-18(2)3/h6-12,16-18H,4-5,13-15H2,1-3H3/b23-17-. The van der Waals surface area contributed by atoms with Crippen LogP contribution in [0.5, 0.6) is 11.5 Å². The van der Waals surface area contributed by atoms with Gasteiger partial charge in [-0.05, 0) is 66.8 Å². The molecule has 4 rings (SSSR count). The van der Waals surface area contributed by atoms with Gasteiger partial charge in [-0.2, -0.15) is 9.50 Å². The van der Waals surface area contributed by atoms with Crippen molar-refractivity contribution in [3.63, 3.8) is 0 Å². The Balaban J connectivity index is 1.52. The molecule has 0 spiro atoms. The second-order valence-electron chi connectivity index (χ2n) is 8.38. The fourth-order valence-electron chi connectivity index (χ4n) is 3.25. The Morgan fingerprint density at radius 1 is 1.06 bits per heavy atom. The topological polar surface area (TPSA) is 65.7 Å². The Bertz CT molecular complexity index is 1310. The molecule has 33 heavy (non-hydrogen) atoms. The number of thiazole rings is 1. The number of hydrogen-bond donors (Lipinski definition) is 0. The van der Waals surface area contributed by atoms with E-state index in [4.69, 9.17) is 9.47 Å². The van der Waals surface area contributed by atoms with E-state index >= 15 is 0 Å². The van der Waals surface area contributed by atoms with Gasteiger partial charge >= 0.3 is 0 Å². The molecule has 0 unspecified atom stereocenters. The van der Waals surface area contributed by atoms with Crippen LogP contribution >= 0.6 is 11.3 Å². The monoisotopic (exact) mass is 463 g/mol. The van der Waals surface area contributed by atoms with E-state index in [0.717, 1.165) is 41.9 Å². The highest BCUT2D eigenvalue weighted by Gasteiger charge is 2.12. The van der Waals surface area contributed by atoms with Gasteiger partial charge in [0.2, 0.25) is 4.96 Å². The lowest BCUT2D eigenvalue weighted by atomic mass is 10.1. The first kappa shape index (κ1) is 23.0. The number of rotatable bonds is 10. The Labute approximate surface area is 197 Å². The van der Waals surface area contributed by atoms with E-state index in [9.17, 15) is 4.79 Å². The summed E-state index contributed by atoms with van der Waals surface area (Å²) in [5, 5.41) is 4.44. The third-order valence-corrected chi connectivity index (χ3v) is 6.14. The molecule has 0 aliphatic carbocycles. The summed E-state index contributed by atoms with van der Waals surface area (Å²) in [7, 11) is 0. The molecule has 0 saturated carbocycles. The molecule has 2 aromatic heterocycles. The molecule has 0 aliphatic rings. The molecule has 7 heteroatoms. The second-order valence-corrected chi connectivity index (χ2v) is 9.38. The first-order chi connectivity index (χ1) is 16.0. The molecular weight excluding hydrogens is 434 g/mol. The maximum Gasteiger partial charge on any atom is 0.291 e. The number of benzene rings is 2. The molecule has 172 valence electrons.